The van der Waals surface area contributed by atoms with Crippen LogP contribution in [0.25, 0.3) is 0 Å². The highest BCUT2D eigenvalue weighted by atomic mass is 16.6. The Bertz CT molecular complexity index is 801. The molecule has 1 aromatic carbocycles. The van der Waals surface area contributed by atoms with Crippen molar-refractivity contribution in [3.8, 4) is 0 Å². The Morgan fingerprint density at radius 3 is 1.97 bits per heavy atom. The number of carbonyl (C=O) groups is 3. The van der Waals surface area contributed by atoms with E-state index >= 15 is 0 Å². The highest BCUT2D eigenvalue weighted by Crippen LogP contribution is 2.27. The summed E-state index contributed by atoms with van der Waals surface area (Å²) in [5.41, 5.74) is 1.63. The van der Waals surface area contributed by atoms with E-state index in [4.69, 9.17) is 4.74 Å². The number of hydrogen-bond donors (Lipinski definition) is 2. The number of ether oxygens (including phenoxy) is 1. The van der Waals surface area contributed by atoms with E-state index in [-0.39, 0.29) is 24.4 Å². The van der Waals surface area contributed by atoms with Crippen LogP contribution in [0.1, 0.15) is 84.5 Å². The number of rotatable bonds is 7. The number of hydrogen-bond acceptors (Lipinski definition) is 4. The van der Waals surface area contributed by atoms with Crippen LogP contribution >= 0.6 is 0 Å². The number of amides is 3. The molecule has 0 aliphatic heterocycles. The molecule has 0 saturated heterocycles. The summed E-state index contributed by atoms with van der Waals surface area (Å²) < 4.78 is 5.24. The van der Waals surface area contributed by atoms with Gasteiger partial charge in [0, 0.05) is 11.6 Å². The van der Waals surface area contributed by atoms with Crippen LogP contribution in [0.5, 0.6) is 0 Å². The first-order chi connectivity index (χ1) is 14.5. The van der Waals surface area contributed by atoms with Crippen molar-refractivity contribution in [1.82, 2.24) is 15.5 Å². The van der Waals surface area contributed by atoms with Crippen LogP contribution in [-0.4, -0.2) is 46.5 Å². The van der Waals surface area contributed by atoms with Gasteiger partial charge in [0.25, 0.3) is 0 Å². The predicted molar refractivity (Wildman–Crippen MR) is 127 cm³/mol. The average molecular weight is 448 g/mol. The van der Waals surface area contributed by atoms with Crippen molar-refractivity contribution in [1.29, 1.82) is 0 Å². The fourth-order valence-electron chi connectivity index (χ4n) is 3.44. The molecule has 32 heavy (non-hydrogen) atoms. The van der Waals surface area contributed by atoms with Crippen molar-refractivity contribution in [3.63, 3.8) is 0 Å². The Morgan fingerprint density at radius 1 is 1.00 bits per heavy atom. The van der Waals surface area contributed by atoms with Gasteiger partial charge in [-0.25, -0.2) is 4.79 Å². The Hall–Kier alpha value is -2.57. The molecule has 2 unspecified atom stereocenters. The van der Waals surface area contributed by atoms with Crippen LogP contribution in [0.3, 0.4) is 0 Å². The fourth-order valence-corrected chi connectivity index (χ4v) is 3.44. The van der Waals surface area contributed by atoms with Crippen LogP contribution in [0.4, 0.5) is 4.79 Å². The molecule has 0 aromatic heterocycles. The fraction of sp³-hybridized carbons (Fsp3) is 0.640. The lowest BCUT2D eigenvalue weighted by molar-refractivity contribution is -0.143. The summed E-state index contributed by atoms with van der Waals surface area (Å²) in [5.74, 6) is -0.605. The highest BCUT2D eigenvalue weighted by Gasteiger charge is 2.36. The summed E-state index contributed by atoms with van der Waals surface area (Å²) in [6.45, 7) is 18.5. The first-order valence-electron chi connectivity index (χ1n) is 11.2. The van der Waals surface area contributed by atoms with Crippen molar-refractivity contribution >= 4 is 17.9 Å². The summed E-state index contributed by atoms with van der Waals surface area (Å²) in [5, 5.41) is 5.55. The molecule has 180 valence electrons. The maximum absolute atomic E-state index is 13.5. The van der Waals surface area contributed by atoms with Crippen LogP contribution in [-0.2, 0) is 14.3 Å². The van der Waals surface area contributed by atoms with Crippen molar-refractivity contribution in [3.05, 3.63) is 34.9 Å². The molecule has 0 fully saturated rings. The molecule has 2 N–H and O–H groups in total. The van der Waals surface area contributed by atoms with Gasteiger partial charge < -0.3 is 20.3 Å². The Balaban J connectivity index is 3.35. The number of nitrogens with zero attached hydrogens (tertiary/aromatic N) is 1. The van der Waals surface area contributed by atoms with Crippen molar-refractivity contribution in [2.24, 2.45) is 0 Å². The largest absolute Gasteiger partial charge is 0.444 e. The van der Waals surface area contributed by atoms with E-state index in [1.165, 1.54) is 0 Å². The van der Waals surface area contributed by atoms with E-state index in [2.05, 4.69) is 10.6 Å². The lowest BCUT2D eigenvalue weighted by Gasteiger charge is -2.37. The molecule has 1 aromatic rings. The number of benzene rings is 1. The molecule has 0 heterocycles. The monoisotopic (exact) mass is 447 g/mol. The minimum atomic E-state index is -0.823. The molecule has 7 nitrogen and oxygen atoms in total. The number of alkyl carbamates (subject to hydrolysis) is 1. The molecular weight excluding hydrogens is 406 g/mol. The third kappa shape index (κ3) is 8.89. The molecule has 0 bridgehead atoms. The summed E-state index contributed by atoms with van der Waals surface area (Å²) in [7, 11) is 0. The van der Waals surface area contributed by atoms with Gasteiger partial charge in [0.1, 0.15) is 18.2 Å². The van der Waals surface area contributed by atoms with Crippen molar-refractivity contribution in [2.75, 3.05) is 6.54 Å². The molecule has 0 saturated carbocycles. The minimum absolute atomic E-state index is 0.223. The van der Waals surface area contributed by atoms with Gasteiger partial charge in [-0.05, 0) is 74.3 Å². The van der Waals surface area contributed by atoms with Crippen LogP contribution in [0, 0.1) is 13.8 Å². The zero-order valence-electron chi connectivity index (χ0n) is 21.4. The zero-order chi connectivity index (χ0) is 24.9. The smallest absolute Gasteiger partial charge is 0.408 e. The second kappa shape index (κ2) is 10.8. The number of carbonyl (C=O) groups excluding carboxylic acids is 3. The van der Waals surface area contributed by atoms with E-state index in [1.54, 1.807) is 25.7 Å². The van der Waals surface area contributed by atoms with Gasteiger partial charge in [0.2, 0.25) is 11.8 Å². The van der Waals surface area contributed by atoms with Gasteiger partial charge in [-0.3, -0.25) is 9.59 Å². The van der Waals surface area contributed by atoms with E-state index in [0.29, 0.717) is 6.42 Å². The molecule has 3 amide bonds. The van der Waals surface area contributed by atoms with E-state index in [0.717, 1.165) is 16.7 Å². The molecule has 0 spiro atoms. The van der Waals surface area contributed by atoms with Crippen LogP contribution in [0.15, 0.2) is 18.2 Å². The predicted octanol–water partition coefficient (Wildman–Crippen LogP) is 4.41. The summed E-state index contributed by atoms with van der Waals surface area (Å²) in [4.78, 5) is 40.5. The molecular formula is C25H41N3O4. The average Bonchev–Trinajstić information content (AvgIpc) is 2.59. The summed E-state index contributed by atoms with van der Waals surface area (Å²) >= 11 is 0. The molecule has 0 aliphatic rings. The van der Waals surface area contributed by atoms with E-state index in [9.17, 15) is 14.4 Å². The van der Waals surface area contributed by atoms with Gasteiger partial charge in [0.15, 0.2) is 0 Å². The first kappa shape index (κ1) is 27.5. The molecule has 0 radical (unpaired) electrons. The SMILES string of the molecule is CCC(C)N(C(=O)CNC(=O)OC(C)(C)C)C(C(=O)NC(C)(C)C)c1cc(C)cc(C)c1. The maximum Gasteiger partial charge on any atom is 0.408 e. The van der Waals surface area contributed by atoms with Gasteiger partial charge in [-0.15, -0.1) is 0 Å². The number of aryl methyl sites for hydroxylation is 2. The topological polar surface area (TPSA) is 87.7 Å². The van der Waals surface area contributed by atoms with E-state index in [1.807, 2.05) is 66.7 Å². The maximum atomic E-state index is 13.5. The standard InChI is InChI=1S/C25H41N3O4/c1-11-18(4)28(20(29)15-26-23(31)32-25(8,9)10)21(22(30)27-24(5,6)7)19-13-16(2)12-17(3)14-19/h12-14,18,21H,11,15H2,1-10H3,(H,26,31)(H,27,30). The molecule has 2 atom stereocenters. The highest BCUT2D eigenvalue weighted by molar-refractivity contribution is 5.91. The molecule has 0 aliphatic carbocycles. The Labute approximate surface area is 193 Å². The van der Waals surface area contributed by atoms with Gasteiger partial charge in [0.05, 0.1) is 0 Å². The van der Waals surface area contributed by atoms with Crippen molar-refractivity contribution in [2.45, 2.75) is 98.9 Å². The van der Waals surface area contributed by atoms with Gasteiger partial charge >= 0.3 is 6.09 Å². The first-order valence-corrected chi connectivity index (χ1v) is 11.2. The summed E-state index contributed by atoms with van der Waals surface area (Å²) in [6, 6.07) is 4.85. The molecule has 7 heteroatoms. The second-order valence-electron chi connectivity index (χ2n) is 10.5. The van der Waals surface area contributed by atoms with Crippen LogP contribution in [0.2, 0.25) is 0 Å². The third-order valence-electron chi connectivity index (χ3n) is 4.72. The lowest BCUT2D eigenvalue weighted by Crippen LogP contribution is -2.53. The third-order valence-corrected chi connectivity index (χ3v) is 4.72. The Morgan fingerprint density at radius 2 is 1.53 bits per heavy atom. The number of nitrogens with one attached hydrogen (secondary N) is 2. The van der Waals surface area contributed by atoms with Crippen LogP contribution < -0.4 is 10.6 Å². The Kier molecular flexibility index (Phi) is 9.30. The minimum Gasteiger partial charge on any atom is -0.444 e. The lowest BCUT2D eigenvalue weighted by atomic mass is 9.96. The van der Waals surface area contributed by atoms with Gasteiger partial charge in [-0.2, -0.15) is 0 Å². The molecule has 1 rings (SSSR count). The van der Waals surface area contributed by atoms with Gasteiger partial charge in [-0.1, -0.05) is 36.2 Å². The normalized spacial score (nSPS) is 13.7. The zero-order valence-corrected chi connectivity index (χ0v) is 21.4. The van der Waals surface area contributed by atoms with E-state index < -0.39 is 23.3 Å². The summed E-state index contributed by atoms with van der Waals surface area (Å²) in [6.07, 6.45) is -0.0144. The van der Waals surface area contributed by atoms with Crippen molar-refractivity contribution < 1.29 is 19.1 Å². The quantitative estimate of drug-likeness (QED) is 0.648. The second-order valence-corrected chi connectivity index (χ2v) is 10.5.